The number of nitrogens with one attached hydrogen (secondary N) is 2. The van der Waals surface area contributed by atoms with E-state index in [0.29, 0.717) is 6.54 Å². The lowest BCUT2D eigenvalue weighted by Crippen LogP contribution is -2.22. The monoisotopic (exact) mass is 532 g/mol. The lowest BCUT2D eigenvalue weighted by Gasteiger charge is -2.15. The number of benzene rings is 1. The van der Waals surface area contributed by atoms with E-state index in [0.717, 1.165) is 12.4 Å². The van der Waals surface area contributed by atoms with Crippen LogP contribution in [0.1, 0.15) is 24.4 Å². The van der Waals surface area contributed by atoms with Gasteiger partial charge in [-0.25, -0.2) is 17.2 Å². The summed E-state index contributed by atoms with van der Waals surface area (Å²) in [4.78, 5) is 28.6. The molecule has 0 aliphatic rings. The number of nitrogens with zero attached hydrogens (tertiary/aromatic N) is 2. The summed E-state index contributed by atoms with van der Waals surface area (Å²) in [5.41, 5.74) is -0.00767. The Morgan fingerprint density at radius 1 is 1.14 bits per heavy atom. The number of carbonyl (C=O) groups excluding carboxylic acids is 1. The normalized spacial score (nSPS) is 11.5. The third-order valence-electron chi connectivity index (χ3n) is 5.36. The summed E-state index contributed by atoms with van der Waals surface area (Å²) >= 11 is 0. The van der Waals surface area contributed by atoms with Gasteiger partial charge in [0, 0.05) is 42.7 Å². The number of hydrogen-bond donors (Lipinski definition) is 2. The number of furan rings is 1. The zero-order chi connectivity index (χ0) is 26.9. The molecule has 1 amide bonds. The number of carbonyl (C=O) groups is 1. The topological polar surface area (TPSA) is 133 Å². The molecule has 4 rings (SSSR count). The van der Waals surface area contributed by atoms with Crippen LogP contribution in [-0.4, -0.2) is 36.2 Å². The van der Waals surface area contributed by atoms with Gasteiger partial charge in [0.2, 0.25) is 15.8 Å². The van der Waals surface area contributed by atoms with Crippen molar-refractivity contribution in [1.82, 2.24) is 14.9 Å². The van der Waals surface area contributed by atoms with Crippen LogP contribution in [-0.2, 0) is 17.1 Å². The smallest absolute Gasteiger partial charge is 0.287 e. The minimum atomic E-state index is -3.68. The number of sulfonamides is 1. The van der Waals surface area contributed by atoms with E-state index in [2.05, 4.69) is 15.0 Å². The molecule has 37 heavy (non-hydrogen) atoms. The third-order valence-corrected chi connectivity index (χ3v) is 6.66. The van der Waals surface area contributed by atoms with E-state index >= 15 is 0 Å². The van der Waals surface area contributed by atoms with Gasteiger partial charge in [0.15, 0.2) is 17.4 Å². The number of amides is 1. The Bertz CT molecular complexity index is 1660. The maximum atomic E-state index is 14.3. The Hall–Kier alpha value is -4.26. The fourth-order valence-corrected chi connectivity index (χ4v) is 4.18. The van der Waals surface area contributed by atoms with Crippen LogP contribution in [0.5, 0.6) is 11.5 Å². The molecule has 0 spiro atoms. The van der Waals surface area contributed by atoms with Crippen LogP contribution in [0.2, 0.25) is 0 Å². The molecule has 3 heterocycles. The molecular formula is C24H22F2N4O6S. The van der Waals surface area contributed by atoms with Gasteiger partial charge in [-0.3, -0.25) is 19.3 Å². The first-order valence-corrected chi connectivity index (χ1v) is 12.7. The van der Waals surface area contributed by atoms with Gasteiger partial charge in [0.05, 0.1) is 23.5 Å². The molecule has 0 saturated heterocycles. The standard InChI is InChI=1S/C24H22F2N4O6S/c1-4-28-23(31)20-9-15-21(36-20)16(12-30(3)24(15)32)14-8-13(29-37(33,34)5-2)6-7-19(14)35-22-17(25)10-27-11-18(22)26/h6-12,29H,4-5H2,1-3H3,(H,28,31). The SMILES string of the molecule is CCNC(=O)c1cc2c(=O)n(C)cc(-c3cc(NS(=O)(=O)CC)ccc3Oc3c(F)cncc3F)c2o1. The van der Waals surface area contributed by atoms with Crippen LogP contribution < -0.4 is 20.3 Å². The van der Waals surface area contributed by atoms with Crippen LogP contribution in [0.4, 0.5) is 14.5 Å². The van der Waals surface area contributed by atoms with Crippen molar-refractivity contribution in [2.75, 3.05) is 17.0 Å². The molecule has 0 fully saturated rings. The van der Waals surface area contributed by atoms with Gasteiger partial charge in [-0.05, 0) is 32.0 Å². The molecule has 4 aromatic rings. The van der Waals surface area contributed by atoms with Gasteiger partial charge >= 0.3 is 0 Å². The van der Waals surface area contributed by atoms with Gasteiger partial charge in [-0.15, -0.1) is 0 Å². The lowest BCUT2D eigenvalue weighted by atomic mass is 10.0. The minimum Gasteiger partial charge on any atom is -0.450 e. The molecule has 0 unspecified atom stereocenters. The summed E-state index contributed by atoms with van der Waals surface area (Å²) in [5, 5.41) is 2.64. The van der Waals surface area contributed by atoms with E-state index in [-0.39, 0.29) is 45.0 Å². The molecule has 0 bridgehead atoms. The molecule has 0 atom stereocenters. The first-order chi connectivity index (χ1) is 17.5. The zero-order valence-corrected chi connectivity index (χ0v) is 20.8. The van der Waals surface area contributed by atoms with E-state index in [1.165, 1.54) is 49.0 Å². The van der Waals surface area contributed by atoms with Crippen LogP contribution in [0.15, 0.2) is 52.1 Å². The Morgan fingerprint density at radius 3 is 2.49 bits per heavy atom. The summed E-state index contributed by atoms with van der Waals surface area (Å²) in [6.45, 7) is 3.49. The maximum Gasteiger partial charge on any atom is 0.287 e. The Labute approximate surface area is 209 Å². The molecule has 194 valence electrons. The predicted octanol–water partition coefficient (Wildman–Crippen LogP) is 3.78. The molecule has 1 aromatic carbocycles. The number of rotatable bonds is 8. The van der Waals surface area contributed by atoms with Crippen LogP contribution >= 0.6 is 0 Å². The largest absolute Gasteiger partial charge is 0.450 e. The van der Waals surface area contributed by atoms with E-state index in [1.54, 1.807) is 6.92 Å². The number of anilines is 1. The summed E-state index contributed by atoms with van der Waals surface area (Å²) in [6.07, 6.45) is 2.93. The highest BCUT2D eigenvalue weighted by Crippen LogP contribution is 2.40. The fourth-order valence-electron chi connectivity index (χ4n) is 3.55. The number of fused-ring (bicyclic) bond motifs is 1. The van der Waals surface area contributed by atoms with Crippen molar-refractivity contribution in [2.24, 2.45) is 7.05 Å². The van der Waals surface area contributed by atoms with Crippen molar-refractivity contribution < 1.29 is 31.1 Å². The zero-order valence-electron chi connectivity index (χ0n) is 20.0. The Balaban J connectivity index is 1.98. The number of pyridine rings is 2. The first kappa shape index (κ1) is 25.8. The second kappa shape index (κ2) is 10.0. The first-order valence-electron chi connectivity index (χ1n) is 11.1. The third kappa shape index (κ3) is 5.16. The summed E-state index contributed by atoms with van der Waals surface area (Å²) < 4.78 is 67.9. The van der Waals surface area contributed by atoms with Crippen molar-refractivity contribution >= 4 is 32.6 Å². The number of aryl methyl sites for hydroxylation is 1. The van der Waals surface area contributed by atoms with Crippen LogP contribution in [0.3, 0.4) is 0 Å². The van der Waals surface area contributed by atoms with Crippen molar-refractivity contribution in [3.63, 3.8) is 0 Å². The molecule has 0 aliphatic carbocycles. The van der Waals surface area contributed by atoms with E-state index in [4.69, 9.17) is 9.15 Å². The number of hydrogen-bond acceptors (Lipinski definition) is 7. The van der Waals surface area contributed by atoms with E-state index < -0.39 is 38.9 Å². The highest BCUT2D eigenvalue weighted by molar-refractivity contribution is 7.92. The van der Waals surface area contributed by atoms with Gasteiger partial charge < -0.3 is 19.0 Å². The predicted molar refractivity (Wildman–Crippen MR) is 132 cm³/mol. The average Bonchev–Trinajstić information content (AvgIpc) is 3.30. The summed E-state index contributed by atoms with van der Waals surface area (Å²) in [5.74, 6) is -3.83. The molecule has 0 radical (unpaired) electrons. The second-order valence-electron chi connectivity index (χ2n) is 7.92. The Kier molecular flexibility index (Phi) is 6.99. The molecular weight excluding hydrogens is 510 g/mol. The molecule has 13 heteroatoms. The van der Waals surface area contributed by atoms with Crippen molar-refractivity contribution in [3.05, 3.63) is 70.6 Å². The highest BCUT2D eigenvalue weighted by Gasteiger charge is 2.23. The number of halogens is 2. The van der Waals surface area contributed by atoms with Gasteiger partial charge in [0.1, 0.15) is 11.3 Å². The quantitative estimate of drug-likeness (QED) is 0.353. The van der Waals surface area contributed by atoms with Gasteiger partial charge in [-0.1, -0.05) is 0 Å². The van der Waals surface area contributed by atoms with E-state index in [9.17, 15) is 26.8 Å². The fraction of sp³-hybridized carbons (Fsp3) is 0.208. The maximum absolute atomic E-state index is 14.3. The minimum absolute atomic E-state index is 0.000346. The molecule has 3 aromatic heterocycles. The number of aromatic nitrogens is 2. The second-order valence-corrected chi connectivity index (χ2v) is 9.93. The lowest BCUT2D eigenvalue weighted by molar-refractivity contribution is 0.0930. The highest BCUT2D eigenvalue weighted by atomic mass is 32.2. The average molecular weight is 533 g/mol. The number of ether oxygens (including phenoxy) is 1. The van der Waals surface area contributed by atoms with Crippen molar-refractivity contribution in [3.8, 4) is 22.6 Å². The molecule has 0 saturated carbocycles. The van der Waals surface area contributed by atoms with E-state index in [1.807, 2.05) is 0 Å². The molecule has 2 N–H and O–H groups in total. The van der Waals surface area contributed by atoms with Gasteiger partial charge in [-0.2, -0.15) is 0 Å². The van der Waals surface area contributed by atoms with Crippen LogP contribution in [0.25, 0.3) is 22.1 Å². The molecule has 0 aliphatic heterocycles. The van der Waals surface area contributed by atoms with Gasteiger partial charge in [0.25, 0.3) is 11.5 Å². The molecule has 10 nitrogen and oxygen atoms in total. The Morgan fingerprint density at radius 2 is 1.84 bits per heavy atom. The van der Waals surface area contributed by atoms with Crippen molar-refractivity contribution in [2.45, 2.75) is 13.8 Å². The summed E-state index contributed by atoms with van der Waals surface area (Å²) in [6, 6.07) is 5.32. The van der Waals surface area contributed by atoms with Crippen LogP contribution in [0, 0.1) is 11.6 Å². The van der Waals surface area contributed by atoms with Crippen molar-refractivity contribution in [1.29, 1.82) is 0 Å². The summed E-state index contributed by atoms with van der Waals surface area (Å²) in [7, 11) is -2.21.